The van der Waals surface area contributed by atoms with Crippen LogP contribution in [0, 0.1) is 5.41 Å². The van der Waals surface area contributed by atoms with Crippen LogP contribution in [0.1, 0.15) is 24.8 Å². The number of aliphatic carboxylic acids is 1. The number of carbonyl (C=O) groups is 1. The topological polar surface area (TPSA) is 82.5 Å². The summed E-state index contributed by atoms with van der Waals surface area (Å²) in [6.45, 7) is 2.94. The van der Waals surface area contributed by atoms with E-state index in [0.29, 0.717) is 18.9 Å². The number of fused-ring (bicyclic) bond motifs is 1. The van der Waals surface area contributed by atoms with Crippen molar-refractivity contribution in [3.63, 3.8) is 0 Å². The molecule has 0 bridgehead atoms. The highest BCUT2D eigenvalue weighted by Gasteiger charge is 2.53. The molecule has 0 saturated carbocycles. The van der Waals surface area contributed by atoms with Gasteiger partial charge in [-0.25, -0.2) is 9.97 Å². The SMILES string of the molecule is O=C(O)[C@]12CCCN(Cc3ccncc3)[C@@H]1CCN(c1ncccn1)C2. The molecule has 2 aliphatic rings. The van der Waals surface area contributed by atoms with Gasteiger partial charge in [0.15, 0.2) is 0 Å². The first-order valence-corrected chi connectivity index (χ1v) is 9.07. The van der Waals surface area contributed by atoms with E-state index in [9.17, 15) is 9.90 Å². The van der Waals surface area contributed by atoms with E-state index in [4.69, 9.17) is 0 Å². The Morgan fingerprint density at radius 2 is 1.96 bits per heavy atom. The summed E-state index contributed by atoms with van der Waals surface area (Å²) < 4.78 is 0. The third-order valence-electron chi connectivity index (χ3n) is 5.69. The Labute approximate surface area is 152 Å². The zero-order valence-electron chi connectivity index (χ0n) is 14.7. The highest BCUT2D eigenvalue weighted by Crippen LogP contribution is 2.43. The molecule has 2 atom stereocenters. The minimum atomic E-state index is -0.775. The fourth-order valence-electron chi connectivity index (χ4n) is 4.46. The highest BCUT2D eigenvalue weighted by molar-refractivity contribution is 5.77. The van der Waals surface area contributed by atoms with Gasteiger partial charge in [0.25, 0.3) is 0 Å². The van der Waals surface area contributed by atoms with Gasteiger partial charge in [-0.1, -0.05) is 0 Å². The van der Waals surface area contributed by atoms with Crippen LogP contribution in [0.15, 0.2) is 43.0 Å². The van der Waals surface area contributed by atoms with Crippen molar-refractivity contribution >= 4 is 11.9 Å². The molecular formula is C19H23N5O2. The van der Waals surface area contributed by atoms with Gasteiger partial charge in [0, 0.05) is 50.5 Å². The molecule has 4 rings (SSSR count). The quantitative estimate of drug-likeness (QED) is 0.898. The average Bonchev–Trinajstić information content (AvgIpc) is 2.69. The summed E-state index contributed by atoms with van der Waals surface area (Å²) in [7, 11) is 0. The summed E-state index contributed by atoms with van der Waals surface area (Å²) in [6, 6.07) is 5.82. The number of anilines is 1. The lowest BCUT2D eigenvalue weighted by atomic mass is 9.69. The zero-order chi connectivity index (χ0) is 18.0. The maximum atomic E-state index is 12.4. The molecule has 0 spiro atoms. The number of hydrogen-bond acceptors (Lipinski definition) is 6. The molecule has 0 amide bonds. The Kier molecular flexibility index (Phi) is 4.55. The number of rotatable bonds is 4. The van der Waals surface area contributed by atoms with Gasteiger partial charge in [-0.2, -0.15) is 0 Å². The molecule has 136 valence electrons. The van der Waals surface area contributed by atoms with Crippen LogP contribution >= 0.6 is 0 Å². The van der Waals surface area contributed by atoms with E-state index < -0.39 is 11.4 Å². The molecule has 1 N–H and O–H groups in total. The number of carboxylic acids is 1. The summed E-state index contributed by atoms with van der Waals surface area (Å²) in [6.07, 6.45) is 9.38. The van der Waals surface area contributed by atoms with Gasteiger partial charge in [0.2, 0.25) is 5.95 Å². The van der Waals surface area contributed by atoms with Gasteiger partial charge < -0.3 is 10.0 Å². The summed E-state index contributed by atoms with van der Waals surface area (Å²) in [5.41, 5.74) is 0.401. The van der Waals surface area contributed by atoms with Crippen LogP contribution in [0.25, 0.3) is 0 Å². The van der Waals surface area contributed by atoms with Crippen molar-refractivity contribution in [2.24, 2.45) is 5.41 Å². The minimum Gasteiger partial charge on any atom is -0.481 e. The maximum absolute atomic E-state index is 12.4. The van der Waals surface area contributed by atoms with Crippen LogP contribution in [-0.4, -0.2) is 56.6 Å². The predicted octanol–water partition coefficient (Wildman–Crippen LogP) is 1.82. The van der Waals surface area contributed by atoms with Crippen molar-refractivity contribution < 1.29 is 9.90 Å². The number of pyridine rings is 1. The molecular weight excluding hydrogens is 330 g/mol. The predicted molar refractivity (Wildman–Crippen MR) is 96.6 cm³/mol. The monoisotopic (exact) mass is 353 g/mol. The lowest BCUT2D eigenvalue weighted by molar-refractivity contribution is -0.158. The molecule has 2 aromatic rings. The fourth-order valence-corrected chi connectivity index (χ4v) is 4.46. The molecule has 0 unspecified atom stereocenters. The summed E-state index contributed by atoms with van der Waals surface area (Å²) in [4.78, 5) is 29.5. The molecule has 0 aromatic carbocycles. The van der Waals surface area contributed by atoms with Crippen LogP contribution in [-0.2, 0) is 11.3 Å². The van der Waals surface area contributed by atoms with E-state index in [1.54, 1.807) is 30.9 Å². The second-order valence-corrected chi connectivity index (χ2v) is 7.17. The fraction of sp³-hybridized carbons (Fsp3) is 0.474. The number of aromatic nitrogens is 3. The molecule has 2 fully saturated rings. The first-order valence-electron chi connectivity index (χ1n) is 9.07. The first-order chi connectivity index (χ1) is 12.7. The van der Waals surface area contributed by atoms with Crippen LogP contribution in [0.3, 0.4) is 0 Å². The number of likely N-dealkylation sites (tertiary alicyclic amines) is 1. The van der Waals surface area contributed by atoms with Crippen molar-refractivity contribution in [3.05, 3.63) is 48.5 Å². The number of nitrogens with zero attached hydrogens (tertiary/aromatic N) is 5. The average molecular weight is 353 g/mol. The van der Waals surface area contributed by atoms with Crippen LogP contribution in [0.2, 0.25) is 0 Å². The molecule has 0 radical (unpaired) electrons. The summed E-state index contributed by atoms with van der Waals surface area (Å²) >= 11 is 0. The van der Waals surface area contributed by atoms with Crippen LogP contribution in [0.5, 0.6) is 0 Å². The molecule has 0 aliphatic carbocycles. The smallest absolute Gasteiger partial charge is 0.313 e. The number of piperidine rings is 2. The molecule has 7 nitrogen and oxygen atoms in total. The van der Waals surface area contributed by atoms with Gasteiger partial charge in [-0.05, 0) is 49.6 Å². The minimum absolute atomic E-state index is 0.0295. The van der Waals surface area contributed by atoms with Gasteiger partial charge in [0.1, 0.15) is 5.41 Å². The number of carboxylic acid groups (broad SMARTS) is 1. The van der Waals surface area contributed by atoms with E-state index in [0.717, 1.165) is 32.5 Å². The van der Waals surface area contributed by atoms with E-state index in [-0.39, 0.29) is 6.04 Å². The molecule has 2 aromatic heterocycles. The van der Waals surface area contributed by atoms with E-state index in [1.807, 2.05) is 17.0 Å². The highest BCUT2D eigenvalue weighted by atomic mass is 16.4. The van der Waals surface area contributed by atoms with E-state index in [2.05, 4.69) is 19.9 Å². The maximum Gasteiger partial charge on any atom is 0.313 e. The van der Waals surface area contributed by atoms with Crippen molar-refractivity contribution in [1.29, 1.82) is 0 Å². The molecule has 2 saturated heterocycles. The van der Waals surface area contributed by atoms with Gasteiger partial charge in [0.05, 0.1) is 0 Å². The zero-order valence-corrected chi connectivity index (χ0v) is 14.7. The Morgan fingerprint density at radius 3 is 2.69 bits per heavy atom. The molecule has 4 heterocycles. The lowest BCUT2D eigenvalue weighted by Crippen LogP contribution is -2.64. The van der Waals surface area contributed by atoms with Crippen molar-refractivity contribution in [3.8, 4) is 0 Å². The molecule has 26 heavy (non-hydrogen) atoms. The summed E-state index contributed by atoms with van der Waals surface area (Å²) in [5.74, 6) is -0.0830. The Hall–Kier alpha value is -2.54. The van der Waals surface area contributed by atoms with Gasteiger partial charge >= 0.3 is 5.97 Å². The van der Waals surface area contributed by atoms with E-state index >= 15 is 0 Å². The number of hydrogen-bond donors (Lipinski definition) is 1. The van der Waals surface area contributed by atoms with Gasteiger partial charge in [-0.15, -0.1) is 0 Å². The van der Waals surface area contributed by atoms with Crippen molar-refractivity contribution in [2.45, 2.75) is 31.8 Å². The van der Waals surface area contributed by atoms with Gasteiger partial charge in [-0.3, -0.25) is 14.7 Å². The van der Waals surface area contributed by atoms with E-state index in [1.165, 1.54) is 5.56 Å². The third kappa shape index (κ3) is 3.03. The second kappa shape index (κ2) is 6.99. The third-order valence-corrected chi connectivity index (χ3v) is 5.69. The first kappa shape index (κ1) is 16.9. The largest absolute Gasteiger partial charge is 0.481 e. The van der Waals surface area contributed by atoms with Crippen LogP contribution in [0.4, 0.5) is 5.95 Å². The normalized spacial score (nSPS) is 26.3. The Balaban J connectivity index is 1.60. The second-order valence-electron chi connectivity index (χ2n) is 7.17. The lowest BCUT2D eigenvalue weighted by Gasteiger charge is -2.52. The Morgan fingerprint density at radius 1 is 1.19 bits per heavy atom. The molecule has 2 aliphatic heterocycles. The Bertz CT molecular complexity index is 757. The van der Waals surface area contributed by atoms with Crippen molar-refractivity contribution in [1.82, 2.24) is 19.9 Å². The standard InChI is InChI=1S/C19H23N5O2/c25-17(26)19-6-1-11-23(13-15-3-9-20-10-4-15)16(19)5-12-24(14-19)18-21-7-2-8-22-18/h2-4,7-10,16H,1,5-6,11-14H2,(H,25,26)/t16-,19+/m1/s1. The summed E-state index contributed by atoms with van der Waals surface area (Å²) in [5, 5.41) is 10.2. The van der Waals surface area contributed by atoms with Crippen LogP contribution < -0.4 is 4.90 Å². The molecule has 7 heteroatoms. The van der Waals surface area contributed by atoms with Crippen molar-refractivity contribution in [2.75, 3.05) is 24.5 Å².